The van der Waals surface area contributed by atoms with Gasteiger partial charge in [0.25, 0.3) is 0 Å². The van der Waals surface area contributed by atoms with Crippen molar-refractivity contribution in [3.63, 3.8) is 0 Å². The maximum atomic E-state index is 11.8. The topological polar surface area (TPSA) is 74.0 Å². The van der Waals surface area contributed by atoms with Crippen LogP contribution >= 0.6 is 0 Å². The molecular formula is C13H17N3O2. The van der Waals surface area contributed by atoms with Crippen LogP contribution in [-0.4, -0.2) is 17.1 Å². The van der Waals surface area contributed by atoms with E-state index < -0.39 is 0 Å². The van der Waals surface area contributed by atoms with Crippen LogP contribution in [0, 0.1) is 5.41 Å². The van der Waals surface area contributed by atoms with Crippen molar-refractivity contribution in [2.75, 3.05) is 0 Å². The normalized spacial score (nSPS) is 24.4. The zero-order valence-electron chi connectivity index (χ0n) is 10.3. The van der Waals surface area contributed by atoms with Crippen molar-refractivity contribution in [2.24, 2.45) is 5.41 Å². The number of carbonyl (C=O) groups is 1. The molecular weight excluding hydrogens is 230 g/mol. The van der Waals surface area contributed by atoms with E-state index in [-0.39, 0.29) is 17.6 Å². The van der Waals surface area contributed by atoms with Crippen molar-refractivity contribution in [3.8, 4) is 0 Å². The molecule has 1 aromatic rings. The monoisotopic (exact) mass is 247 g/mol. The van der Waals surface area contributed by atoms with E-state index in [1.165, 1.54) is 18.9 Å². The molecule has 5 heteroatoms. The molecule has 0 aromatic carbocycles. The number of rotatable bonds is 3. The summed E-state index contributed by atoms with van der Waals surface area (Å²) in [5.41, 5.74) is 1.12. The van der Waals surface area contributed by atoms with E-state index in [9.17, 15) is 9.59 Å². The molecule has 2 aliphatic carbocycles. The minimum Gasteiger partial charge on any atom is -0.335 e. The van der Waals surface area contributed by atoms with Gasteiger partial charge in [0, 0.05) is 18.3 Å². The van der Waals surface area contributed by atoms with Crippen molar-refractivity contribution in [1.82, 2.24) is 15.6 Å². The number of nitrogens with one attached hydrogen (secondary N) is 3. The Labute approximate surface area is 105 Å². The molecule has 2 atom stereocenters. The summed E-state index contributed by atoms with van der Waals surface area (Å²) in [6, 6.07) is 3.36. The third kappa shape index (κ3) is 2.12. The lowest BCUT2D eigenvalue weighted by molar-refractivity contribution is 0.237. The largest absolute Gasteiger partial charge is 0.335 e. The van der Waals surface area contributed by atoms with Crippen molar-refractivity contribution < 1.29 is 4.79 Å². The van der Waals surface area contributed by atoms with Crippen molar-refractivity contribution in [1.29, 1.82) is 0 Å². The maximum absolute atomic E-state index is 11.8. The standard InChI is InChI=1S/C13H17N3O2/c1-8(9-2-5-14-11(17)6-9)15-12(18)16-10-7-13(10)3-4-13/h2,5-6,8,10H,3-4,7H2,1H3,(H,14,17)(H2,15,16,18)/t8-,10+/m1/s1. The molecule has 0 aliphatic heterocycles. The van der Waals surface area contributed by atoms with Gasteiger partial charge in [0.15, 0.2) is 0 Å². The summed E-state index contributed by atoms with van der Waals surface area (Å²) < 4.78 is 0. The Morgan fingerprint density at radius 3 is 2.94 bits per heavy atom. The summed E-state index contributed by atoms with van der Waals surface area (Å²) in [4.78, 5) is 25.5. The Kier molecular flexibility index (Phi) is 2.43. The molecule has 0 radical (unpaired) electrons. The number of urea groups is 1. The number of hydrogen-bond donors (Lipinski definition) is 3. The van der Waals surface area contributed by atoms with Crippen LogP contribution in [0.1, 0.15) is 37.8 Å². The second-order valence-electron chi connectivity index (χ2n) is 5.44. The average molecular weight is 247 g/mol. The molecule has 96 valence electrons. The minimum absolute atomic E-state index is 0.142. The van der Waals surface area contributed by atoms with Crippen LogP contribution in [0.2, 0.25) is 0 Å². The molecule has 2 fully saturated rings. The highest BCUT2D eigenvalue weighted by atomic mass is 16.2. The first-order valence-electron chi connectivity index (χ1n) is 6.35. The fourth-order valence-corrected chi connectivity index (χ4v) is 2.48. The Morgan fingerprint density at radius 1 is 1.56 bits per heavy atom. The summed E-state index contributed by atoms with van der Waals surface area (Å²) in [6.45, 7) is 1.87. The van der Waals surface area contributed by atoms with Crippen LogP contribution in [0.4, 0.5) is 4.79 Å². The molecule has 0 unspecified atom stereocenters. The van der Waals surface area contributed by atoms with Crippen LogP contribution in [0.25, 0.3) is 0 Å². The van der Waals surface area contributed by atoms with Crippen molar-refractivity contribution >= 4 is 6.03 Å². The summed E-state index contributed by atoms with van der Waals surface area (Å²) in [5.74, 6) is 0. The van der Waals surface area contributed by atoms with E-state index in [1.54, 1.807) is 12.3 Å². The highest BCUT2D eigenvalue weighted by molar-refractivity contribution is 5.75. The fourth-order valence-electron chi connectivity index (χ4n) is 2.48. The molecule has 0 bridgehead atoms. The van der Waals surface area contributed by atoms with Gasteiger partial charge in [0.05, 0.1) is 6.04 Å². The number of carbonyl (C=O) groups excluding carboxylic acids is 1. The molecule has 2 amide bonds. The number of aromatic amines is 1. The van der Waals surface area contributed by atoms with Gasteiger partial charge in [-0.15, -0.1) is 0 Å². The number of H-pyrrole nitrogens is 1. The first-order valence-corrected chi connectivity index (χ1v) is 6.35. The third-order valence-corrected chi connectivity index (χ3v) is 4.03. The van der Waals surface area contributed by atoms with Gasteiger partial charge in [-0.2, -0.15) is 0 Å². The van der Waals surface area contributed by atoms with E-state index in [1.807, 2.05) is 6.92 Å². The Hall–Kier alpha value is -1.78. The van der Waals surface area contributed by atoms with E-state index in [0.29, 0.717) is 11.5 Å². The molecule has 0 saturated heterocycles. The number of pyridine rings is 1. The summed E-state index contributed by atoms with van der Waals surface area (Å²) in [7, 11) is 0. The van der Waals surface area contributed by atoms with E-state index in [2.05, 4.69) is 15.6 Å². The molecule has 3 N–H and O–H groups in total. The summed E-state index contributed by atoms with van der Waals surface area (Å²) in [5, 5.41) is 5.84. The van der Waals surface area contributed by atoms with Crippen LogP contribution in [-0.2, 0) is 0 Å². The minimum atomic E-state index is -0.166. The van der Waals surface area contributed by atoms with Crippen LogP contribution in [0.5, 0.6) is 0 Å². The number of amides is 2. The number of aromatic nitrogens is 1. The van der Waals surface area contributed by atoms with Crippen LogP contribution < -0.4 is 16.2 Å². The molecule has 1 heterocycles. The lowest BCUT2D eigenvalue weighted by Crippen LogP contribution is -2.39. The zero-order chi connectivity index (χ0) is 12.8. The summed E-state index contributed by atoms with van der Waals surface area (Å²) in [6.07, 6.45) is 5.22. The predicted molar refractivity (Wildman–Crippen MR) is 67.2 cm³/mol. The van der Waals surface area contributed by atoms with E-state index in [0.717, 1.165) is 12.0 Å². The lowest BCUT2D eigenvalue weighted by Gasteiger charge is -2.14. The lowest BCUT2D eigenvalue weighted by atomic mass is 10.1. The van der Waals surface area contributed by atoms with Gasteiger partial charge >= 0.3 is 6.03 Å². The van der Waals surface area contributed by atoms with Gasteiger partial charge < -0.3 is 15.6 Å². The van der Waals surface area contributed by atoms with Crippen molar-refractivity contribution in [3.05, 3.63) is 34.2 Å². The average Bonchev–Trinajstić information content (AvgIpc) is 3.21. The quantitative estimate of drug-likeness (QED) is 0.753. The van der Waals surface area contributed by atoms with Crippen molar-refractivity contribution in [2.45, 2.75) is 38.3 Å². The first kappa shape index (κ1) is 11.3. The molecule has 18 heavy (non-hydrogen) atoms. The molecule has 3 rings (SSSR count). The second-order valence-corrected chi connectivity index (χ2v) is 5.44. The first-order chi connectivity index (χ1) is 8.59. The Balaban J connectivity index is 1.55. The van der Waals surface area contributed by atoms with Gasteiger partial charge in [-0.25, -0.2) is 4.79 Å². The van der Waals surface area contributed by atoms with Gasteiger partial charge in [0.2, 0.25) is 5.56 Å². The molecule has 5 nitrogen and oxygen atoms in total. The zero-order valence-corrected chi connectivity index (χ0v) is 10.3. The molecule has 2 saturated carbocycles. The molecule has 2 aliphatic rings. The highest BCUT2D eigenvalue weighted by Gasteiger charge is 2.63. The molecule has 1 spiro atoms. The fraction of sp³-hybridized carbons (Fsp3) is 0.538. The van der Waals surface area contributed by atoms with Gasteiger partial charge in [-0.1, -0.05) is 0 Å². The SMILES string of the molecule is C[C@@H](NC(=O)N[C@H]1CC12CC2)c1cc[nH]c(=O)c1. The second kappa shape index (κ2) is 3.86. The van der Waals surface area contributed by atoms with E-state index in [4.69, 9.17) is 0 Å². The smallest absolute Gasteiger partial charge is 0.315 e. The van der Waals surface area contributed by atoms with E-state index >= 15 is 0 Å². The Morgan fingerprint density at radius 2 is 2.33 bits per heavy atom. The highest BCUT2D eigenvalue weighted by Crippen LogP contribution is 2.65. The maximum Gasteiger partial charge on any atom is 0.315 e. The third-order valence-electron chi connectivity index (χ3n) is 4.03. The summed E-state index contributed by atoms with van der Waals surface area (Å²) >= 11 is 0. The van der Waals surface area contributed by atoms with Gasteiger partial charge in [-0.3, -0.25) is 4.79 Å². The Bertz CT molecular complexity index is 533. The van der Waals surface area contributed by atoms with Gasteiger partial charge in [-0.05, 0) is 43.2 Å². The van der Waals surface area contributed by atoms with Gasteiger partial charge in [0.1, 0.15) is 0 Å². The molecule has 1 aromatic heterocycles. The number of hydrogen-bond acceptors (Lipinski definition) is 2. The van der Waals surface area contributed by atoms with Crippen LogP contribution in [0.3, 0.4) is 0 Å². The van der Waals surface area contributed by atoms with Crippen LogP contribution in [0.15, 0.2) is 23.1 Å². The predicted octanol–water partition coefficient (Wildman–Crippen LogP) is 1.29.